The first kappa shape index (κ1) is 21.8. The van der Waals surface area contributed by atoms with Crippen LogP contribution in [-0.4, -0.2) is 22.8 Å². The van der Waals surface area contributed by atoms with Gasteiger partial charge in [-0.25, -0.2) is 9.79 Å². The molecule has 2 aromatic carbocycles. The molecule has 164 valence electrons. The summed E-state index contributed by atoms with van der Waals surface area (Å²) in [5.74, 6) is -0.337. The van der Waals surface area contributed by atoms with Gasteiger partial charge in [0.2, 0.25) is 0 Å². The number of carbonyl (C=O) groups is 1. The van der Waals surface area contributed by atoms with Crippen LogP contribution in [0.1, 0.15) is 38.4 Å². The fourth-order valence-corrected chi connectivity index (χ4v) is 4.42. The molecular weight excluding hydrogens is 420 g/mol. The van der Waals surface area contributed by atoms with Gasteiger partial charge < -0.3 is 9.30 Å². The standard InChI is InChI=1S/C25H26N4O2S/c1-15-7-6-8-22(17(15)3)26-25-28-27-23(14-32-25)21-13-16(2)29(18(21)4)20-11-9-19(10-12-20)24(30)31-5/h6-14,27H,1-5H3,(H,26,28). The summed E-state index contributed by atoms with van der Waals surface area (Å²) < 4.78 is 6.96. The summed E-state index contributed by atoms with van der Waals surface area (Å²) in [6.45, 7) is 8.34. The molecule has 0 aliphatic carbocycles. The molecule has 32 heavy (non-hydrogen) atoms. The highest BCUT2D eigenvalue weighted by Crippen LogP contribution is 2.29. The van der Waals surface area contributed by atoms with E-state index in [4.69, 9.17) is 9.73 Å². The normalized spacial score (nSPS) is 14.5. The van der Waals surface area contributed by atoms with E-state index < -0.39 is 0 Å². The van der Waals surface area contributed by atoms with Crippen LogP contribution in [0.25, 0.3) is 11.4 Å². The van der Waals surface area contributed by atoms with Gasteiger partial charge in [-0.1, -0.05) is 23.9 Å². The number of methoxy groups -OCH3 is 1. The van der Waals surface area contributed by atoms with Gasteiger partial charge in [0.05, 0.1) is 24.1 Å². The molecule has 0 amide bonds. The molecule has 0 fully saturated rings. The lowest BCUT2D eigenvalue weighted by atomic mass is 10.1. The van der Waals surface area contributed by atoms with Gasteiger partial charge in [0.15, 0.2) is 5.17 Å². The average molecular weight is 447 g/mol. The zero-order valence-electron chi connectivity index (χ0n) is 18.8. The highest BCUT2D eigenvalue weighted by Gasteiger charge is 2.18. The van der Waals surface area contributed by atoms with Crippen molar-refractivity contribution >= 4 is 34.3 Å². The number of hydrazine groups is 1. The maximum Gasteiger partial charge on any atom is 0.337 e. The van der Waals surface area contributed by atoms with Crippen molar-refractivity contribution in [1.82, 2.24) is 15.4 Å². The fourth-order valence-electron chi connectivity index (χ4n) is 3.74. The number of aromatic nitrogens is 1. The van der Waals surface area contributed by atoms with Crippen LogP contribution in [0.4, 0.5) is 5.69 Å². The monoisotopic (exact) mass is 446 g/mol. The minimum atomic E-state index is -0.337. The van der Waals surface area contributed by atoms with E-state index in [2.05, 4.69) is 60.7 Å². The molecule has 0 bridgehead atoms. The van der Waals surface area contributed by atoms with Crippen molar-refractivity contribution in [2.45, 2.75) is 27.7 Å². The second-order valence-corrected chi connectivity index (χ2v) is 8.55. The van der Waals surface area contributed by atoms with Crippen molar-refractivity contribution in [2.24, 2.45) is 4.99 Å². The number of aryl methyl sites for hydroxylation is 2. The Kier molecular flexibility index (Phi) is 6.10. The van der Waals surface area contributed by atoms with Crippen LogP contribution in [0.3, 0.4) is 0 Å². The smallest absolute Gasteiger partial charge is 0.337 e. The average Bonchev–Trinajstić information content (AvgIpc) is 3.10. The molecule has 2 N–H and O–H groups in total. The number of thioether (sulfide) groups is 1. The van der Waals surface area contributed by atoms with E-state index in [-0.39, 0.29) is 5.97 Å². The van der Waals surface area contributed by atoms with Crippen LogP contribution in [-0.2, 0) is 4.74 Å². The van der Waals surface area contributed by atoms with Gasteiger partial charge in [0.1, 0.15) is 0 Å². The number of esters is 1. The summed E-state index contributed by atoms with van der Waals surface area (Å²) in [6, 6.07) is 15.7. The Labute approximate surface area is 192 Å². The van der Waals surface area contributed by atoms with Crippen LogP contribution in [0.15, 0.2) is 58.9 Å². The Morgan fingerprint density at radius 2 is 1.78 bits per heavy atom. The number of carbonyl (C=O) groups excluding carboxylic acids is 1. The lowest BCUT2D eigenvalue weighted by molar-refractivity contribution is 0.0600. The van der Waals surface area contributed by atoms with E-state index in [9.17, 15) is 4.79 Å². The summed E-state index contributed by atoms with van der Waals surface area (Å²) in [7, 11) is 1.39. The third kappa shape index (κ3) is 4.16. The van der Waals surface area contributed by atoms with Crippen molar-refractivity contribution in [1.29, 1.82) is 0 Å². The highest BCUT2D eigenvalue weighted by atomic mass is 32.2. The van der Waals surface area contributed by atoms with E-state index in [1.54, 1.807) is 23.9 Å². The van der Waals surface area contributed by atoms with Gasteiger partial charge in [0.25, 0.3) is 0 Å². The van der Waals surface area contributed by atoms with Crippen molar-refractivity contribution in [3.05, 3.63) is 87.6 Å². The number of benzene rings is 2. The molecule has 0 radical (unpaired) electrons. The van der Waals surface area contributed by atoms with Crippen molar-refractivity contribution in [3.8, 4) is 5.69 Å². The van der Waals surface area contributed by atoms with Gasteiger partial charge in [-0.15, -0.1) is 0 Å². The predicted molar refractivity (Wildman–Crippen MR) is 131 cm³/mol. The van der Waals surface area contributed by atoms with Gasteiger partial charge in [0, 0.05) is 28.0 Å². The van der Waals surface area contributed by atoms with E-state index in [1.807, 2.05) is 24.3 Å². The maximum atomic E-state index is 11.7. The SMILES string of the molecule is COC(=O)c1ccc(-n2c(C)cc(C3=CSC(=Nc4cccc(C)c4C)NN3)c2C)cc1. The first-order chi connectivity index (χ1) is 15.4. The van der Waals surface area contributed by atoms with Crippen LogP contribution in [0, 0.1) is 27.7 Å². The predicted octanol–water partition coefficient (Wildman–Crippen LogP) is 5.32. The first-order valence-electron chi connectivity index (χ1n) is 10.3. The molecule has 1 aliphatic rings. The second kappa shape index (κ2) is 8.96. The van der Waals surface area contributed by atoms with Gasteiger partial charge in [-0.3, -0.25) is 10.9 Å². The van der Waals surface area contributed by atoms with Gasteiger partial charge in [-0.2, -0.15) is 0 Å². The minimum Gasteiger partial charge on any atom is -0.465 e. The molecule has 4 rings (SSSR count). The first-order valence-corrected chi connectivity index (χ1v) is 11.2. The highest BCUT2D eigenvalue weighted by molar-refractivity contribution is 8.16. The molecule has 1 aromatic heterocycles. The van der Waals surface area contributed by atoms with Crippen LogP contribution in [0.5, 0.6) is 0 Å². The Bertz CT molecular complexity index is 1240. The largest absolute Gasteiger partial charge is 0.465 e. The molecule has 0 spiro atoms. The van der Waals surface area contributed by atoms with Crippen LogP contribution >= 0.6 is 11.8 Å². The lowest BCUT2D eigenvalue weighted by Gasteiger charge is -2.19. The summed E-state index contributed by atoms with van der Waals surface area (Å²) in [6.07, 6.45) is 0. The molecule has 1 aliphatic heterocycles. The molecular formula is C25H26N4O2S. The molecule has 0 saturated heterocycles. The number of hydrogen-bond donors (Lipinski definition) is 2. The third-order valence-corrected chi connectivity index (χ3v) is 6.43. The van der Waals surface area contributed by atoms with Crippen molar-refractivity contribution in [2.75, 3.05) is 7.11 Å². The molecule has 3 aromatic rings. The Hall–Kier alpha value is -3.45. The fraction of sp³-hybridized carbons (Fsp3) is 0.200. The maximum absolute atomic E-state index is 11.7. The molecule has 0 saturated carbocycles. The Morgan fingerprint density at radius 3 is 2.44 bits per heavy atom. The second-order valence-electron chi connectivity index (χ2n) is 7.69. The summed E-state index contributed by atoms with van der Waals surface area (Å²) in [5, 5.41) is 2.88. The Balaban J connectivity index is 1.59. The van der Waals surface area contributed by atoms with E-state index in [0.29, 0.717) is 5.56 Å². The number of amidine groups is 1. The third-order valence-electron chi connectivity index (χ3n) is 5.66. The number of aliphatic imine (C=N–C) groups is 1. The molecule has 0 atom stereocenters. The van der Waals surface area contributed by atoms with Gasteiger partial charge >= 0.3 is 5.97 Å². The molecule has 7 heteroatoms. The van der Waals surface area contributed by atoms with Crippen LogP contribution < -0.4 is 10.9 Å². The number of hydrogen-bond acceptors (Lipinski definition) is 5. The molecule has 6 nitrogen and oxygen atoms in total. The molecule has 2 heterocycles. The minimum absolute atomic E-state index is 0.337. The van der Waals surface area contributed by atoms with E-state index in [1.165, 1.54) is 18.2 Å². The zero-order chi connectivity index (χ0) is 22.8. The summed E-state index contributed by atoms with van der Waals surface area (Å²) in [4.78, 5) is 16.5. The number of rotatable bonds is 4. The van der Waals surface area contributed by atoms with Crippen molar-refractivity contribution in [3.63, 3.8) is 0 Å². The summed E-state index contributed by atoms with van der Waals surface area (Å²) >= 11 is 1.56. The summed E-state index contributed by atoms with van der Waals surface area (Å²) in [5.41, 5.74) is 15.7. The number of nitrogens with one attached hydrogen (secondary N) is 2. The van der Waals surface area contributed by atoms with E-state index >= 15 is 0 Å². The van der Waals surface area contributed by atoms with Crippen molar-refractivity contribution < 1.29 is 9.53 Å². The van der Waals surface area contributed by atoms with E-state index in [0.717, 1.165) is 39.2 Å². The van der Waals surface area contributed by atoms with Crippen LogP contribution in [0.2, 0.25) is 0 Å². The number of ether oxygens (including phenoxy) is 1. The lowest BCUT2D eigenvalue weighted by Crippen LogP contribution is -2.36. The quantitative estimate of drug-likeness (QED) is 0.531. The topological polar surface area (TPSA) is 67.7 Å². The molecule has 0 unspecified atom stereocenters. The number of nitrogens with zero attached hydrogens (tertiary/aromatic N) is 2. The van der Waals surface area contributed by atoms with Gasteiger partial charge in [-0.05, 0) is 75.2 Å². The zero-order valence-corrected chi connectivity index (χ0v) is 19.6. The Morgan fingerprint density at radius 1 is 1.03 bits per heavy atom.